The predicted molar refractivity (Wildman–Crippen MR) is 103 cm³/mol. The maximum absolute atomic E-state index is 12.2. The largest absolute Gasteiger partial charge is 0.484 e. The highest BCUT2D eigenvalue weighted by Crippen LogP contribution is 2.22. The highest BCUT2D eigenvalue weighted by Gasteiger charge is 2.11. The second-order valence-electron chi connectivity index (χ2n) is 5.94. The van der Waals surface area contributed by atoms with Crippen molar-refractivity contribution < 1.29 is 9.15 Å². The Hall–Kier alpha value is -2.65. The van der Waals surface area contributed by atoms with Crippen molar-refractivity contribution in [2.75, 3.05) is 0 Å². The van der Waals surface area contributed by atoms with E-state index in [-0.39, 0.29) is 12.2 Å². The summed E-state index contributed by atoms with van der Waals surface area (Å²) in [7, 11) is 0. The van der Waals surface area contributed by atoms with Crippen LogP contribution in [0.25, 0.3) is 4.96 Å². The van der Waals surface area contributed by atoms with Crippen LogP contribution in [0.4, 0.5) is 0 Å². The van der Waals surface area contributed by atoms with E-state index in [0.29, 0.717) is 27.5 Å². The lowest BCUT2D eigenvalue weighted by Crippen LogP contribution is -2.14. The van der Waals surface area contributed by atoms with E-state index >= 15 is 0 Å². The number of hydrogen-bond acceptors (Lipinski definition) is 8. The molecule has 0 aliphatic carbocycles. The zero-order valence-electron chi connectivity index (χ0n) is 14.7. The summed E-state index contributed by atoms with van der Waals surface area (Å²) in [5.74, 6) is 1.63. The summed E-state index contributed by atoms with van der Waals surface area (Å²) >= 11 is 2.79. The van der Waals surface area contributed by atoms with E-state index in [0.717, 1.165) is 17.0 Å². The minimum absolute atomic E-state index is 0.0767. The van der Waals surface area contributed by atoms with Crippen LogP contribution in [0.3, 0.4) is 0 Å². The molecule has 0 spiro atoms. The summed E-state index contributed by atoms with van der Waals surface area (Å²) in [5, 5.41) is 10.3. The van der Waals surface area contributed by atoms with E-state index in [1.807, 2.05) is 43.5 Å². The van der Waals surface area contributed by atoms with Gasteiger partial charge in [-0.3, -0.25) is 9.20 Å². The van der Waals surface area contributed by atoms with Crippen molar-refractivity contribution in [1.29, 1.82) is 0 Å². The first-order chi connectivity index (χ1) is 13.1. The van der Waals surface area contributed by atoms with Crippen LogP contribution >= 0.6 is 23.1 Å². The third-order valence-corrected chi connectivity index (χ3v) is 5.57. The van der Waals surface area contributed by atoms with E-state index in [9.17, 15) is 4.79 Å². The molecule has 0 bridgehead atoms. The van der Waals surface area contributed by atoms with Crippen LogP contribution in [0.1, 0.15) is 22.8 Å². The molecule has 0 amide bonds. The first kappa shape index (κ1) is 17.7. The number of benzene rings is 1. The average molecular weight is 400 g/mol. The molecule has 4 rings (SSSR count). The lowest BCUT2D eigenvalue weighted by atomic mass is 10.2. The highest BCUT2D eigenvalue weighted by molar-refractivity contribution is 7.98. The molecule has 0 aliphatic heterocycles. The third kappa shape index (κ3) is 4.04. The van der Waals surface area contributed by atoms with Crippen LogP contribution in [-0.2, 0) is 12.4 Å². The molecule has 27 heavy (non-hydrogen) atoms. The lowest BCUT2D eigenvalue weighted by molar-refractivity contribution is 0.252. The fourth-order valence-corrected chi connectivity index (χ4v) is 4.08. The minimum Gasteiger partial charge on any atom is -0.484 e. The topological polar surface area (TPSA) is 82.5 Å². The van der Waals surface area contributed by atoms with Gasteiger partial charge in [-0.15, -0.1) is 21.5 Å². The Bertz CT molecular complexity index is 1150. The summed E-state index contributed by atoms with van der Waals surface area (Å²) in [4.78, 5) is 17.4. The van der Waals surface area contributed by atoms with Gasteiger partial charge in [0.2, 0.25) is 0 Å². The summed E-state index contributed by atoms with van der Waals surface area (Å²) in [6.45, 7) is 4.10. The van der Waals surface area contributed by atoms with E-state index < -0.39 is 0 Å². The predicted octanol–water partition coefficient (Wildman–Crippen LogP) is 3.63. The van der Waals surface area contributed by atoms with Crippen LogP contribution in [0.5, 0.6) is 5.75 Å². The molecule has 9 heteroatoms. The normalized spacial score (nSPS) is 11.2. The maximum atomic E-state index is 12.2. The summed E-state index contributed by atoms with van der Waals surface area (Å²) in [5.41, 5.74) is 2.62. The SMILES string of the molecule is Cc1cccc(OCc2nnc(SCc3cc(=O)n4c(C)csc4n3)o2)c1. The van der Waals surface area contributed by atoms with Crippen molar-refractivity contribution >= 4 is 28.1 Å². The molecular formula is C18H16N4O3S2. The van der Waals surface area contributed by atoms with Gasteiger partial charge in [0.05, 0.1) is 5.69 Å². The van der Waals surface area contributed by atoms with Crippen molar-refractivity contribution in [2.45, 2.75) is 31.4 Å². The zero-order chi connectivity index (χ0) is 18.8. The molecule has 0 N–H and O–H groups in total. The first-order valence-corrected chi connectivity index (χ1v) is 10.1. The van der Waals surface area contributed by atoms with Crippen LogP contribution < -0.4 is 10.3 Å². The highest BCUT2D eigenvalue weighted by atomic mass is 32.2. The number of fused-ring (bicyclic) bond motifs is 1. The van der Waals surface area contributed by atoms with Crippen molar-refractivity contribution in [3.63, 3.8) is 0 Å². The van der Waals surface area contributed by atoms with Gasteiger partial charge < -0.3 is 9.15 Å². The number of rotatable bonds is 6. The van der Waals surface area contributed by atoms with Gasteiger partial charge in [0, 0.05) is 22.9 Å². The standard InChI is InChI=1S/C18H16N4O3S2/c1-11-4-3-5-14(6-11)24-8-15-20-21-18(25-15)27-10-13-7-16(23)22-12(2)9-26-17(22)19-13/h3-7,9H,8,10H2,1-2H3. The molecule has 0 atom stereocenters. The van der Waals surface area contributed by atoms with Crippen LogP contribution in [0.2, 0.25) is 0 Å². The molecule has 138 valence electrons. The molecule has 3 heterocycles. The molecule has 0 radical (unpaired) electrons. The van der Waals surface area contributed by atoms with Crippen LogP contribution in [0.15, 0.2) is 50.1 Å². The monoisotopic (exact) mass is 400 g/mol. The molecule has 3 aromatic heterocycles. The number of nitrogens with zero attached hydrogens (tertiary/aromatic N) is 4. The second-order valence-corrected chi connectivity index (χ2v) is 7.70. The smallest absolute Gasteiger partial charge is 0.277 e. The van der Waals surface area contributed by atoms with E-state index in [1.54, 1.807) is 4.40 Å². The number of ether oxygens (including phenoxy) is 1. The number of aromatic nitrogens is 4. The first-order valence-electron chi connectivity index (χ1n) is 8.20. The third-order valence-electron chi connectivity index (χ3n) is 3.77. The van der Waals surface area contributed by atoms with Gasteiger partial charge in [-0.05, 0) is 31.5 Å². The fourth-order valence-electron chi connectivity index (χ4n) is 2.52. The Kier molecular flexibility index (Phi) is 4.95. The summed E-state index contributed by atoms with van der Waals surface area (Å²) in [6, 6.07) is 9.30. The molecule has 0 saturated heterocycles. The van der Waals surface area contributed by atoms with Gasteiger partial charge in [-0.1, -0.05) is 23.9 Å². The van der Waals surface area contributed by atoms with Gasteiger partial charge >= 0.3 is 0 Å². The second kappa shape index (κ2) is 7.53. The van der Waals surface area contributed by atoms with Gasteiger partial charge in [0.25, 0.3) is 16.7 Å². The summed E-state index contributed by atoms with van der Waals surface area (Å²) < 4.78 is 12.8. The number of hydrogen-bond donors (Lipinski definition) is 0. The molecule has 0 fully saturated rings. The Labute approximate surface area is 163 Å². The number of thioether (sulfide) groups is 1. The quantitative estimate of drug-likeness (QED) is 0.457. The van der Waals surface area contributed by atoms with Crippen LogP contribution in [-0.4, -0.2) is 19.6 Å². The van der Waals surface area contributed by atoms with Gasteiger partial charge in [-0.2, -0.15) is 0 Å². The Balaban J connectivity index is 1.39. The minimum atomic E-state index is -0.0767. The van der Waals surface area contributed by atoms with Crippen molar-refractivity contribution in [3.05, 3.63) is 68.9 Å². The average Bonchev–Trinajstić information content (AvgIpc) is 3.25. The van der Waals surface area contributed by atoms with Crippen LogP contribution in [0, 0.1) is 13.8 Å². The lowest BCUT2D eigenvalue weighted by Gasteiger charge is -2.03. The van der Waals surface area contributed by atoms with E-state index in [2.05, 4.69) is 15.2 Å². The molecule has 1 aromatic carbocycles. The summed E-state index contributed by atoms with van der Waals surface area (Å²) in [6.07, 6.45) is 0. The number of aryl methyl sites for hydroxylation is 2. The van der Waals surface area contributed by atoms with E-state index in [4.69, 9.17) is 9.15 Å². The van der Waals surface area contributed by atoms with Gasteiger partial charge in [0.15, 0.2) is 11.6 Å². The Morgan fingerprint density at radius 3 is 3.00 bits per heavy atom. The Morgan fingerprint density at radius 2 is 2.15 bits per heavy atom. The number of thiazole rings is 1. The Morgan fingerprint density at radius 1 is 1.26 bits per heavy atom. The molecule has 0 unspecified atom stereocenters. The van der Waals surface area contributed by atoms with E-state index in [1.165, 1.54) is 29.2 Å². The zero-order valence-corrected chi connectivity index (χ0v) is 16.3. The maximum Gasteiger partial charge on any atom is 0.277 e. The molecule has 0 saturated carbocycles. The van der Waals surface area contributed by atoms with Crippen molar-refractivity contribution in [2.24, 2.45) is 0 Å². The molecule has 0 aliphatic rings. The molecule has 4 aromatic rings. The fraction of sp³-hybridized carbons (Fsp3) is 0.222. The van der Waals surface area contributed by atoms with Crippen molar-refractivity contribution in [1.82, 2.24) is 19.6 Å². The molecule has 7 nitrogen and oxygen atoms in total. The molecular weight excluding hydrogens is 384 g/mol. The van der Waals surface area contributed by atoms with Gasteiger partial charge in [0.1, 0.15) is 5.75 Å². The van der Waals surface area contributed by atoms with Gasteiger partial charge in [-0.25, -0.2) is 4.98 Å². The van der Waals surface area contributed by atoms with Crippen molar-refractivity contribution in [3.8, 4) is 5.75 Å².